The molecule has 0 radical (unpaired) electrons. The topological polar surface area (TPSA) is 78.9 Å². The van der Waals surface area contributed by atoms with Crippen LogP contribution in [0.5, 0.6) is 0 Å². The number of hydrogen-bond acceptors (Lipinski definition) is 6. The first-order valence-electron chi connectivity index (χ1n) is 25.9. The quantitative estimate of drug-likeness (QED) is 0.0262. The highest BCUT2D eigenvalue weighted by Gasteiger charge is 2.19. The Balaban J connectivity index is 4.13. The molecule has 62 heavy (non-hydrogen) atoms. The van der Waals surface area contributed by atoms with E-state index in [9.17, 15) is 14.4 Å². The molecule has 356 valence electrons. The Hall–Kier alpha value is -3.15. The first kappa shape index (κ1) is 58.9. The van der Waals surface area contributed by atoms with E-state index in [1.165, 1.54) is 89.9 Å². The van der Waals surface area contributed by atoms with Gasteiger partial charge < -0.3 is 14.2 Å². The minimum absolute atomic E-state index is 0.0809. The van der Waals surface area contributed by atoms with E-state index < -0.39 is 6.10 Å². The van der Waals surface area contributed by atoms with Crippen LogP contribution >= 0.6 is 0 Å². The second-order valence-electron chi connectivity index (χ2n) is 17.1. The molecular weight excluding hydrogens is 769 g/mol. The lowest BCUT2D eigenvalue weighted by molar-refractivity contribution is -0.167. The van der Waals surface area contributed by atoms with Gasteiger partial charge in [0.25, 0.3) is 0 Å². The predicted molar refractivity (Wildman–Crippen MR) is 265 cm³/mol. The Morgan fingerprint density at radius 2 is 0.629 bits per heavy atom. The average Bonchev–Trinajstić information content (AvgIpc) is 3.27. The first-order valence-corrected chi connectivity index (χ1v) is 25.9. The average molecular weight is 865 g/mol. The summed E-state index contributed by atoms with van der Waals surface area (Å²) in [5.41, 5.74) is 0. The van der Waals surface area contributed by atoms with Gasteiger partial charge in [-0.25, -0.2) is 0 Å². The molecule has 1 unspecified atom stereocenters. The molecule has 0 saturated heterocycles. The van der Waals surface area contributed by atoms with Crippen molar-refractivity contribution in [2.75, 3.05) is 13.2 Å². The second kappa shape index (κ2) is 50.5. The van der Waals surface area contributed by atoms with Crippen molar-refractivity contribution in [2.24, 2.45) is 0 Å². The van der Waals surface area contributed by atoms with Crippen LogP contribution in [-0.2, 0) is 28.6 Å². The third-order valence-electron chi connectivity index (χ3n) is 10.9. The fourth-order valence-electron chi connectivity index (χ4n) is 7.05. The summed E-state index contributed by atoms with van der Waals surface area (Å²) in [6, 6.07) is 0. The van der Waals surface area contributed by atoms with Gasteiger partial charge in [0.15, 0.2) is 6.10 Å². The summed E-state index contributed by atoms with van der Waals surface area (Å²) < 4.78 is 16.7. The number of unbranched alkanes of at least 4 members (excludes halogenated alkanes) is 23. The van der Waals surface area contributed by atoms with Gasteiger partial charge in [0.1, 0.15) is 13.2 Å². The van der Waals surface area contributed by atoms with Crippen molar-refractivity contribution >= 4 is 17.9 Å². The lowest BCUT2D eigenvalue weighted by Gasteiger charge is -2.18. The highest BCUT2D eigenvalue weighted by molar-refractivity contribution is 5.71. The number of rotatable bonds is 46. The Bertz CT molecular complexity index is 1180. The van der Waals surface area contributed by atoms with E-state index in [0.717, 1.165) is 116 Å². The Labute approximate surface area is 382 Å². The summed E-state index contributed by atoms with van der Waals surface area (Å²) in [6.45, 7) is 6.42. The number of ether oxygens (including phenoxy) is 3. The molecule has 0 aliphatic heterocycles. The molecule has 0 amide bonds. The van der Waals surface area contributed by atoms with Crippen molar-refractivity contribution in [3.05, 3.63) is 72.9 Å². The Morgan fingerprint density at radius 3 is 1.00 bits per heavy atom. The van der Waals surface area contributed by atoms with Gasteiger partial charge in [-0.15, -0.1) is 0 Å². The van der Waals surface area contributed by atoms with Gasteiger partial charge in [0.2, 0.25) is 0 Å². The largest absolute Gasteiger partial charge is 0.462 e. The minimum Gasteiger partial charge on any atom is -0.462 e. The molecule has 0 aliphatic carbocycles. The SMILES string of the molecule is CC/C=C\C/C=C\C/C=C\C/C=C\C/C=C\CCCCCCCCCCCC(=O)OCC(COC(=O)CCCCCCC)OC(=O)CCCCCCC/C=C\CCCCCCC. The van der Waals surface area contributed by atoms with Crippen LogP contribution in [0.15, 0.2) is 72.9 Å². The number of allylic oxidation sites excluding steroid dienone is 12. The molecule has 0 heterocycles. The van der Waals surface area contributed by atoms with Crippen molar-refractivity contribution in [3.8, 4) is 0 Å². The molecule has 0 aromatic carbocycles. The van der Waals surface area contributed by atoms with Gasteiger partial charge in [-0.1, -0.05) is 209 Å². The van der Waals surface area contributed by atoms with Crippen LogP contribution in [-0.4, -0.2) is 37.2 Å². The normalized spacial score (nSPS) is 12.6. The van der Waals surface area contributed by atoms with Crippen LogP contribution in [0.2, 0.25) is 0 Å². The molecule has 0 aliphatic rings. The maximum atomic E-state index is 12.7. The van der Waals surface area contributed by atoms with Gasteiger partial charge in [0, 0.05) is 19.3 Å². The zero-order valence-electron chi connectivity index (χ0n) is 40.6. The summed E-state index contributed by atoms with van der Waals surface area (Å²) in [7, 11) is 0. The number of carbonyl (C=O) groups is 3. The fourth-order valence-corrected chi connectivity index (χ4v) is 7.05. The van der Waals surface area contributed by atoms with Crippen molar-refractivity contribution in [1.82, 2.24) is 0 Å². The zero-order valence-corrected chi connectivity index (χ0v) is 40.6. The zero-order chi connectivity index (χ0) is 45.1. The highest BCUT2D eigenvalue weighted by Crippen LogP contribution is 2.14. The van der Waals surface area contributed by atoms with Gasteiger partial charge in [-0.05, 0) is 89.9 Å². The van der Waals surface area contributed by atoms with Crippen molar-refractivity contribution in [3.63, 3.8) is 0 Å². The first-order chi connectivity index (χ1) is 30.5. The molecule has 0 N–H and O–H groups in total. The summed E-state index contributed by atoms with van der Waals surface area (Å²) in [4.78, 5) is 37.6. The van der Waals surface area contributed by atoms with E-state index in [4.69, 9.17) is 14.2 Å². The fraction of sp³-hybridized carbons (Fsp3) is 0.732. The van der Waals surface area contributed by atoms with Gasteiger partial charge in [-0.2, -0.15) is 0 Å². The molecule has 6 nitrogen and oxygen atoms in total. The molecule has 1 atom stereocenters. The van der Waals surface area contributed by atoms with Crippen LogP contribution in [0.1, 0.15) is 245 Å². The van der Waals surface area contributed by atoms with Gasteiger partial charge in [-0.3, -0.25) is 14.4 Å². The van der Waals surface area contributed by atoms with E-state index in [-0.39, 0.29) is 31.1 Å². The van der Waals surface area contributed by atoms with E-state index >= 15 is 0 Å². The maximum absolute atomic E-state index is 12.7. The molecule has 0 fully saturated rings. The maximum Gasteiger partial charge on any atom is 0.306 e. The van der Waals surface area contributed by atoms with Gasteiger partial charge in [0.05, 0.1) is 0 Å². The minimum atomic E-state index is -0.777. The standard InChI is InChI=1S/C56H96O6/c1-4-7-10-13-15-17-19-21-23-24-25-26-27-28-29-30-31-32-33-35-36-38-40-43-46-49-55(58)61-52-53(51-60-54(57)48-45-42-12-9-6-3)62-56(59)50-47-44-41-39-37-34-22-20-18-16-14-11-8-5-2/h7,10,15,17,20-23,25-26,28-29,53H,4-6,8-9,11-14,16,18-19,24,27,30-52H2,1-3H3/b10-7-,17-15-,22-20-,23-21-,26-25-,29-28-. The van der Waals surface area contributed by atoms with E-state index in [2.05, 4.69) is 93.7 Å². The van der Waals surface area contributed by atoms with Crippen molar-refractivity contribution < 1.29 is 28.6 Å². The lowest BCUT2D eigenvalue weighted by Crippen LogP contribution is -2.30. The molecule has 0 rings (SSSR count). The summed E-state index contributed by atoms with van der Waals surface area (Å²) >= 11 is 0. The van der Waals surface area contributed by atoms with E-state index in [1.54, 1.807) is 0 Å². The Morgan fingerprint density at radius 1 is 0.339 bits per heavy atom. The molecule has 0 bridgehead atoms. The molecule has 0 spiro atoms. The van der Waals surface area contributed by atoms with Crippen LogP contribution in [0.4, 0.5) is 0 Å². The van der Waals surface area contributed by atoms with E-state index in [0.29, 0.717) is 19.3 Å². The monoisotopic (exact) mass is 865 g/mol. The van der Waals surface area contributed by atoms with Crippen LogP contribution in [0.3, 0.4) is 0 Å². The highest BCUT2D eigenvalue weighted by atomic mass is 16.6. The van der Waals surface area contributed by atoms with Crippen molar-refractivity contribution in [2.45, 2.75) is 252 Å². The lowest BCUT2D eigenvalue weighted by atomic mass is 10.1. The molecule has 6 heteroatoms. The van der Waals surface area contributed by atoms with Crippen LogP contribution < -0.4 is 0 Å². The van der Waals surface area contributed by atoms with Crippen molar-refractivity contribution in [1.29, 1.82) is 0 Å². The van der Waals surface area contributed by atoms with Crippen LogP contribution in [0.25, 0.3) is 0 Å². The van der Waals surface area contributed by atoms with Crippen LogP contribution in [0, 0.1) is 0 Å². The summed E-state index contributed by atoms with van der Waals surface area (Å²) in [6.07, 6.45) is 63.5. The van der Waals surface area contributed by atoms with E-state index in [1.807, 2.05) is 0 Å². The summed E-state index contributed by atoms with van der Waals surface area (Å²) in [5.74, 6) is -0.909. The number of hydrogen-bond donors (Lipinski definition) is 0. The molecule has 0 aromatic rings. The molecule has 0 saturated carbocycles. The number of carbonyl (C=O) groups excluding carboxylic acids is 3. The molecular formula is C56H96O6. The summed E-state index contributed by atoms with van der Waals surface area (Å²) in [5, 5.41) is 0. The third-order valence-corrected chi connectivity index (χ3v) is 10.9. The predicted octanol–water partition coefficient (Wildman–Crippen LogP) is 17.0. The van der Waals surface area contributed by atoms with Gasteiger partial charge >= 0.3 is 17.9 Å². The smallest absolute Gasteiger partial charge is 0.306 e. The molecule has 0 aromatic heterocycles. The Kier molecular flexibility index (Phi) is 47.9. The third kappa shape index (κ3) is 47.9. The number of esters is 3. The second-order valence-corrected chi connectivity index (χ2v) is 17.1.